The third-order valence-corrected chi connectivity index (χ3v) is 7.03. The maximum absolute atomic E-state index is 6.29. The van der Waals surface area contributed by atoms with Gasteiger partial charge in [0.1, 0.15) is 5.75 Å². The molecule has 1 fully saturated rings. The minimum absolute atomic E-state index is 0.0253. The molecule has 4 aromatic rings. The molecule has 1 unspecified atom stereocenters. The van der Waals surface area contributed by atoms with Gasteiger partial charge in [0.25, 0.3) is 5.65 Å². The molecule has 200 valence electrons. The molecule has 9 heteroatoms. The lowest BCUT2D eigenvalue weighted by atomic mass is 10.2. The number of nitrogens with one attached hydrogen (secondary N) is 1. The van der Waals surface area contributed by atoms with Crippen molar-refractivity contribution in [3.63, 3.8) is 0 Å². The first-order valence-electron chi connectivity index (χ1n) is 13.1. The van der Waals surface area contributed by atoms with E-state index in [1.807, 2.05) is 47.0 Å². The van der Waals surface area contributed by atoms with Gasteiger partial charge in [0.15, 0.2) is 22.8 Å². The fourth-order valence-corrected chi connectivity index (χ4v) is 4.91. The number of imidazole rings is 1. The van der Waals surface area contributed by atoms with Gasteiger partial charge in [-0.25, -0.2) is 4.57 Å². The van der Waals surface area contributed by atoms with Crippen LogP contribution in [0.4, 0.5) is 5.82 Å². The summed E-state index contributed by atoms with van der Waals surface area (Å²) in [5.41, 5.74) is 9.75. The van der Waals surface area contributed by atoms with Crippen LogP contribution in [0.1, 0.15) is 55.5 Å². The second-order valence-corrected chi connectivity index (χ2v) is 9.82. The Bertz CT molecular complexity index is 1380. The summed E-state index contributed by atoms with van der Waals surface area (Å²) in [6, 6.07) is 13.9. The fourth-order valence-electron chi connectivity index (χ4n) is 4.91. The number of fused-ring (bicyclic) bond motifs is 1. The normalized spacial score (nSPS) is 14.6. The van der Waals surface area contributed by atoms with E-state index < -0.39 is 0 Å². The van der Waals surface area contributed by atoms with Crippen LogP contribution in [0.25, 0.3) is 11.2 Å². The number of rotatable bonds is 11. The van der Waals surface area contributed by atoms with Crippen molar-refractivity contribution in [2.75, 3.05) is 26.6 Å². The zero-order valence-corrected chi connectivity index (χ0v) is 22.3. The van der Waals surface area contributed by atoms with E-state index in [1.54, 1.807) is 20.5 Å². The van der Waals surface area contributed by atoms with E-state index in [1.165, 1.54) is 12.8 Å². The molecule has 1 saturated carbocycles. The van der Waals surface area contributed by atoms with E-state index in [0.29, 0.717) is 25.6 Å². The number of aromatic amines is 1. The predicted molar refractivity (Wildman–Crippen MR) is 145 cm³/mol. The van der Waals surface area contributed by atoms with Crippen molar-refractivity contribution >= 4 is 17.0 Å². The molecule has 5 rings (SSSR count). The van der Waals surface area contributed by atoms with E-state index in [2.05, 4.69) is 16.9 Å². The Kier molecular flexibility index (Phi) is 7.93. The zero-order valence-electron chi connectivity index (χ0n) is 22.3. The third kappa shape index (κ3) is 5.67. The highest BCUT2D eigenvalue weighted by molar-refractivity contribution is 5.78. The fraction of sp³-hybridized carbons (Fsp3) is 0.414. The van der Waals surface area contributed by atoms with Crippen molar-refractivity contribution in [2.45, 2.75) is 57.8 Å². The molecule has 0 bridgehead atoms. The van der Waals surface area contributed by atoms with Gasteiger partial charge < -0.3 is 29.7 Å². The van der Waals surface area contributed by atoms with Crippen LogP contribution in [0.15, 0.2) is 48.8 Å². The Hall–Kier alpha value is -3.85. The van der Waals surface area contributed by atoms with E-state index in [0.717, 1.165) is 58.2 Å². The van der Waals surface area contributed by atoms with Crippen LogP contribution < -0.4 is 24.5 Å². The van der Waals surface area contributed by atoms with Crippen molar-refractivity contribution in [3.8, 4) is 17.2 Å². The smallest absolute Gasteiger partial charge is 0.294 e. The molecule has 2 aromatic heterocycles. The number of nitrogens with two attached hydrogens (primary N) is 1. The number of nitrogen functional groups attached to an aromatic ring is 1. The molecule has 2 aromatic carbocycles. The van der Waals surface area contributed by atoms with Crippen molar-refractivity contribution in [1.82, 2.24) is 15.0 Å². The van der Waals surface area contributed by atoms with Crippen LogP contribution in [-0.2, 0) is 17.9 Å². The summed E-state index contributed by atoms with van der Waals surface area (Å²) in [5.74, 6) is 3.58. The molecule has 1 aliphatic rings. The van der Waals surface area contributed by atoms with Gasteiger partial charge in [-0.1, -0.05) is 41.2 Å². The summed E-state index contributed by atoms with van der Waals surface area (Å²) in [7, 11) is 3.34. The number of para-hydroxylation sites is 1. The van der Waals surface area contributed by atoms with Gasteiger partial charge in [-0.3, -0.25) is 0 Å². The Morgan fingerprint density at radius 3 is 2.63 bits per heavy atom. The standard InChI is InChI=1S/C29H35N5O4/c1-19(16-37-17-21-8-4-7-11-23(21)35-2)28-32-26-27(30)31-18-34(29(26)33-28)15-20-12-13-24(36-3)25(14-20)38-22-9-5-6-10-22/h4,7-8,11-14,18-19,22H,5-6,9-10,15-17H2,1-3H3,(H2,30,32,33)/p+1. The van der Waals surface area contributed by atoms with Crippen LogP contribution in [0, 0.1) is 0 Å². The highest BCUT2D eigenvalue weighted by Gasteiger charge is 2.23. The lowest BCUT2D eigenvalue weighted by molar-refractivity contribution is -0.667. The summed E-state index contributed by atoms with van der Waals surface area (Å²) in [6.45, 7) is 3.59. The topological polar surface area (TPSA) is 108 Å². The monoisotopic (exact) mass is 518 g/mol. The lowest BCUT2D eigenvalue weighted by Crippen LogP contribution is -2.36. The van der Waals surface area contributed by atoms with E-state index in [9.17, 15) is 0 Å². The molecule has 9 nitrogen and oxygen atoms in total. The average Bonchev–Trinajstić information content (AvgIpc) is 3.62. The number of H-pyrrole nitrogens is 1. The Balaban J connectivity index is 1.32. The molecule has 0 amide bonds. The van der Waals surface area contributed by atoms with Crippen LogP contribution in [0.5, 0.6) is 17.2 Å². The summed E-state index contributed by atoms with van der Waals surface area (Å²) < 4.78 is 25.3. The van der Waals surface area contributed by atoms with Crippen LogP contribution in [0.3, 0.4) is 0 Å². The Morgan fingerprint density at radius 2 is 1.84 bits per heavy atom. The van der Waals surface area contributed by atoms with Crippen LogP contribution >= 0.6 is 0 Å². The summed E-state index contributed by atoms with van der Waals surface area (Å²) in [4.78, 5) is 12.7. The average molecular weight is 519 g/mol. The van der Waals surface area contributed by atoms with Crippen molar-refractivity contribution in [1.29, 1.82) is 0 Å². The number of anilines is 1. The molecular weight excluding hydrogens is 482 g/mol. The number of aromatic nitrogens is 4. The van der Waals surface area contributed by atoms with Gasteiger partial charge in [-0.05, 0) is 49.4 Å². The second kappa shape index (κ2) is 11.7. The minimum Gasteiger partial charge on any atom is -0.496 e. The number of methoxy groups -OCH3 is 2. The lowest BCUT2D eigenvalue weighted by Gasteiger charge is -2.16. The first kappa shape index (κ1) is 25.8. The highest BCUT2D eigenvalue weighted by Crippen LogP contribution is 2.32. The van der Waals surface area contributed by atoms with Gasteiger partial charge in [-0.15, -0.1) is 0 Å². The molecule has 1 aliphatic carbocycles. The predicted octanol–water partition coefficient (Wildman–Crippen LogP) is 4.53. The zero-order chi connectivity index (χ0) is 26.5. The van der Waals surface area contributed by atoms with Crippen molar-refractivity contribution < 1.29 is 23.5 Å². The van der Waals surface area contributed by atoms with Gasteiger partial charge in [0.05, 0.1) is 46.0 Å². The minimum atomic E-state index is 0.0253. The van der Waals surface area contributed by atoms with E-state index in [-0.39, 0.29) is 12.0 Å². The van der Waals surface area contributed by atoms with Gasteiger partial charge >= 0.3 is 0 Å². The maximum Gasteiger partial charge on any atom is 0.294 e. The molecule has 1 atom stereocenters. The quantitative estimate of drug-likeness (QED) is 0.281. The molecule has 38 heavy (non-hydrogen) atoms. The van der Waals surface area contributed by atoms with Gasteiger partial charge in [0.2, 0.25) is 12.1 Å². The highest BCUT2D eigenvalue weighted by atomic mass is 16.5. The Labute approximate surface area is 222 Å². The molecule has 2 heterocycles. The molecule has 0 radical (unpaired) electrons. The SMILES string of the molecule is COc1ccccc1COCC(C)c1nc2c([nH]1)c(N)nc[n+]2Cc1ccc(OC)c(OC2CCCC2)c1. The number of ether oxygens (including phenoxy) is 4. The van der Waals surface area contributed by atoms with E-state index >= 15 is 0 Å². The number of benzene rings is 2. The number of nitrogens with zero attached hydrogens (tertiary/aromatic N) is 3. The van der Waals surface area contributed by atoms with Crippen molar-refractivity contribution in [3.05, 3.63) is 65.7 Å². The summed E-state index contributed by atoms with van der Waals surface area (Å²) >= 11 is 0. The molecule has 0 saturated heterocycles. The van der Waals surface area contributed by atoms with Gasteiger partial charge in [-0.2, -0.15) is 0 Å². The number of hydrogen-bond donors (Lipinski definition) is 2. The summed E-state index contributed by atoms with van der Waals surface area (Å²) in [5, 5.41) is 0. The van der Waals surface area contributed by atoms with Crippen LogP contribution in [-0.4, -0.2) is 41.9 Å². The van der Waals surface area contributed by atoms with Crippen LogP contribution in [0.2, 0.25) is 0 Å². The van der Waals surface area contributed by atoms with Crippen molar-refractivity contribution in [2.24, 2.45) is 0 Å². The van der Waals surface area contributed by atoms with Gasteiger partial charge in [0, 0.05) is 5.56 Å². The molecule has 0 aliphatic heterocycles. The van der Waals surface area contributed by atoms with E-state index in [4.69, 9.17) is 29.7 Å². The second-order valence-electron chi connectivity index (χ2n) is 9.82. The largest absolute Gasteiger partial charge is 0.496 e. The first-order valence-corrected chi connectivity index (χ1v) is 13.1. The molecular formula is C29H36N5O4+. The Morgan fingerprint density at radius 1 is 1.05 bits per heavy atom. The first-order chi connectivity index (χ1) is 18.6. The number of hydrogen-bond acceptors (Lipinski definition) is 7. The third-order valence-electron chi connectivity index (χ3n) is 7.03. The summed E-state index contributed by atoms with van der Waals surface area (Å²) in [6.07, 6.45) is 6.57. The molecule has 3 N–H and O–H groups in total. The molecule has 0 spiro atoms. The maximum atomic E-state index is 6.29.